The molecule has 1 heterocycles. The second-order valence-corrected chi connectivity index (χ2v) is 9.24. The number of ether oxygens (including phenoxy) is 1. The van der Waals surface area contributed by atoms with Crippen LogP contribution < -0.4 is 5.32 Å². The molecule has 1 aromatic carbocycles. The lowest BCUT2D eigenvalue weighted by atomic mass is 10.1. The van der Waals surface area contributed by atoms with Gasteiger partial charge in [0.15, 0.2) is 25.8 Å². The molecule has 1 amide bonds. The molecule has 0 unspecified atom stereocenters. The van der Waals surface area contributed by atoms with Gasteiger partial charge < -0.3 is 14.7 Å². The van der Waals surface area contributed by atoms with Crippen LogP contribution in [0.1, 0.15) is 18.9 Å². The van der Waals surface area contributed by atoms with Crippen molar-refractivity contribution >= 4 is 37.9 Å². The minimum Gasteiger partial charge on any atom is -0.392 e. The number of hydrogen-bond acceptors (Lipinski definition) is 9. The molecule has 0 saturated carbocycles. The number of amides is 1. The number of nitrogens with one attached hydrogen (secondary N) is 1. The van der Waals surface area contributed by atoms with Crippen molar-refractivity contribution in [1.82, 2.24) is 4.98 Å². The summed E-state index contributed by atoms with van der Waals surface area (Å²) in [5.41, 5.74) is 0.0831. The van der Waals surface area contributed by atoms with E-state index in [1.807, 2.05) is 0 Å². The van der Waals surface area contributed by atoms with Crippen LogP contribution in [-0.2, 0) is 24.2 Å². The molecule has 30 heavy (non-hydrogen) atoms. The van der Waals surface area contributed by atoms with Crippen molar-refractivity contribution in [1.29, 1.82) is 0 Å². The molecule has 0 aliphatic carbocycles. The Morgan fingerprint density at radius 2 is 2.07 bits per heavy atom. The quantitative estimate of drug-likeness (QED) is 0.298. The third kappa shape index (κ3) is 6.83. The fraction of sp³-hybridized carbons (Fsp3) is 0.389. The smallest absolute Gasteiger partial charge is 0.280 e. The number of aliphatic hydroxyl groups is 1. The van der Waals surface area contributed by atoms with Crippen LogP contribution in [0.15, 0.2) is 40.5 Å². The molecular weight excluding hydrogens is 437 g/mol. The first-order valence-electron chi connectivity index (χ1n) is 8.86. The van der Waals surface area contributed by atoms with Crippen LogP contribution in [0.25, 0.3) is 0 Å². The molecule has 0 fully saturated rings. The summed E-state index contributed by atoms with van der Waals surface area (Å²) in [5.74, 6) is -0.806. The standard InChI is InChI=1S/C18H22FN3O6S2/c1-12(11-23)28-22-16(17(24)21-18-20-10-15(19)29-18)13-4-6-14(7-5-13)30(25,26)9-3-8-27-2/h4-7,10,12,23H,3,8-9,11H2,1-2H3,(H,20,21,24)/t12-/m1/s1. The highest BCUT2D eigenvalue weighted by atomic mass is 32.2. The van der Waals surface area contributed by atoms with Gasteiger partial charge in [-0.25, -0.2) is 13.4 Å². The minimum atomic E-state index is -3.51. The number of nitrogens with zero attached hydrogens (tertiary/aromatic N) is 2. The van der Waals surface area contributed by atoms with Gasteiger partial charge in [-0.3, -0.25) is 10.1 Å². The average Bonchev–Trinajstić information content (AvgIpc) is 3.13. The van der Waals surface area contributed by atoms with Crippen LogP contribution in [0.4, 0.5) is 9.52 Å². The number of aromatic nitrogens is 1. The number of aliphatic hydroxyl groups excluding tert-OH is 1. The summed E-state index contributed by atoms with van der Waals surface area (Å²) in [5, 5.41) is 14.7. The molecule has 2 aromatic rings. The van der Waals surface area contributed by atoms with Crippen molar-refractivity contribution in [2.45, 2.75) is 24.3 Å². The lowest BCUT2D eigenvalue weighted by molar-refractivity contribution is -0.110. The molecule has 0 radical (unpaired) electrons. The number of halogens is 1. The average molecular weight is 460 g/mol. The third-order valence-corrected chi connectivity index (χ3v) is 6.26. The van der Waals surface area contributed by atoms with Crippen LogP contribution in [0.2, 0.25) is 0 Å². The Kier molecular flexibility index (Phi) is 8.84. The number of carbonyl (C=O) groups excluding carboxylic acids is 1. The van der Waals surface area contributed by atoms with E-state index in [4.69, 9.17) is 14.7 Å². The number of hydrogen-bond donors (Lipinski definition) is 2. The Morgan fingerprint density at radius 1 is 1.37 bits per heavy atom. The fourth-order valence-corrected chi connectivity index (χ4v) is 4.02. The van der Waals surface area contributed by atoms with Crippen molar-refractivity contribution in [2.75, 3.05) is 31.4 Å². The second kappa shape index (κ2) is 11.1. The monoisotopic (exact) mass is 459 g/mol. The van der Waals surface area contributed by atoms with Gasteiger partial charge >= 0.3 is 0 Å². The fourth-order valence-electron chi connectivity index (χ4n) is 2.20. The van der Waals surface area contributed by atoms with Crippen LogP contribution >= 0.6 is 11.3 Å². The van der Waals surface area contributed by atoms with Gasteiger partial charge in [-0.1, -0.05) is 28.6 Å². The number of sulfone groups is 1. The zero-order chi connectivity index (χ0) is 22.1. The van der Waals surface area contributed by atoms with Crippen molar-refractivity contribution in [3.05, 3.63) is 41.2 Å². The van der Waals surface area contributed by atoms with Gasteiger partial charge in [0, 0.05) is 19.3 Å². The zero-order valence-corrected chi connectivity index (χ0v) is 18.0. The van der Waals surface area contributed by atoms with Gasteiger partial charge in [0.1, 0.15) is 6.10 Å². The van der Waals surface area contributed by atoms with Crippen LogP contribution in [0, 0.1) is 5.13 Å². The van der Waals surface area contributed by atoms with Crippen molar-refractivity contribution in [2.24, 2.45) is 5.16 Å². The van der Waals surface area contributed by atoms with Gasteiger partial charge in [0.25, 0.3) is 5.91 Å². The summed E-state index contributed by atoms with van der Waals surface area (Å²) in [4.78, 5) is 21.5. The second-order valence-electron chi connectivity index (χ2n) is 6.15. The zero-order valence-electron chi connectivity index (χ0n) is 16.4. The van der Waals surface area contributed by atoms with Crippen LogP contribution in [0.3, 0.4) is 0 Å². The Balaban J connectivity index is 2.26. The van der Waals surface area contributed by atoms with Gasteiger partial charge in [0.2, 0.25) is 0 Å². The van der Waals surface area contributed by atoms with Gasteiger partial charge in [0.05, 0.1) is 23.5 Å². The maximum Gasteiger partial charge on any atom is 0.280 e. The largest absolute Gasteiger partial charge is 0.392 e. The van der Waals surface area contributed by atoms with E-state index in [1.54, 1.807) is 6.92 Å². The highest BCUT2D eigenvalue weighted by molar-refractivity contribution is 7.91. The first-order chi connectivity index (χ1) is 14.3. The van der Waals surface area contributed by atoms with Gasteiger partial charge in [-0.2, -0.15) is 4.39 Å². The van der Waals surface area contributed by atoms with E-state index in [1.165, 1.54) is 31.4 Å². The highest BCUT2D eigenvalue weighted by Gasteiger charge is 2.20. The van der Waals surface area contributed by atoms with E-state index in [0.717, 1.165) is 6.20 Å². The molecule has 12 heteroatoms. The first-order valence-corrected chi connectivity index (χ1v) is 11.3. The number of anilines is 1. The summed E-state index contributed by atoms with van der Waals surface area (Å²) in [6, 6.07) is 5.55. The molecule has 0 spiro atoms. The Hall–Kier alpha value is -2.41. The highest BCUT2D eigenvalue weighted by Crippen LogP contribution is 2.18. The number of carbonyl (C=O) groups is 1. The van der Waals surface area contributed by atoms with Gasteiger partial charge in [-0.15, -0.1) is 0 Å². The molecule has 0 aliphatic rings. The van der Waals surface area contributed by atoms with Crippen LogP contribution in [0.5, 0.6) is 0 Å². The van der Waals surface area contributed by atoms with Gasteiger partial charge in [-0.05, 0) is 25.5 Å². The van der Waals surface area contributed by atoms with Crippen molar-refractivity contribution in [3.63, 3.8) is 0 Å². The molecule has 1 aromatic heterocycles. The maximum atomic E-state index is 13.1. The Morgan fingerprint density at radius 3 is 2.63 bits per heavy atom. The summed E-state index contributed by atoms with van der Waals surface area (Å²) >= 11 is 0.638. The molecule has 1 atom stereocenters. The number of methoxy groups -OCH3 is 1. The van der Waals surface area contributed by atoms with E-state index < -0.39 is 27.0 Å². The third-order valence-electron chi connectivity index (χ3n) is 3.74. The van der Waals surface area contributed by atoms with Crippen LogP contribution in [-0.4, -0.2) is 62.3 Å². The first kappa shape index (κ1) is 23.9. The molecule has 164 valence electrons. The molecular formula is C18H22FN3O6S2. The van der Waals surface area contributed by atoms with Crippen molar-refractivity contribution in [3.8, 4) is 0 Å². The van der Waals surface area contributed by atoms with E-state index in [9.17, 15) is 17.6 Å². The van der Waals surface area contributed by atoms with E-state index >= 15 is 0 Å². The number of rotatable bonds is 11. The van der Waals surface area contributed by atoms with E-state index in [2.05, 4.69) is 15.5 Å². The number of oxime groups is 1. The number of benzene rings is 1. The Bertz CT molecular complexity index is 976. The summed E-state index contributed by atoms with van der Waals surface area (Å²) in [6.45, 7) is 1.55. The van der Waals surface area contributed by atoms with E-state index in [-0.39, 0.29) is 33.7 Å². The normalized spacial score (nSPS) is 13.1. The predicted octanol–water partition coefficient (Wildman–Crippen LogP) is 1.83. The lowest BCUT2D eigenvalue weighted by Gasteiger charge is -2.10. The van der Waals surface area contributed by atoms with Crippen molar-refractivity contribution < 1.29 is 32.3 Å². The summed E-state index contributed by atoms with van der Waals surface area (Å²) < 4.78 is 42.7. The molecule has 0 bridgehead atoms. The molecule has 9 nitrogen and oxygen atoms in total. The molecule has 2 N–H and O–H groups in total. The summed E-state index contributed by atoms with van der Waals surface area (Å²) in [7, 11) is -2.01. The predicted molar refractivity (Wildman–Crippen MR) is 110 cm³/mol. The summed E-state index contributed by atoms with van der Waals surface area (Å²) in [6.07, 6.45) is 0.642. The lowest BCUT2D eigenvalue weighted by Crippen LogP contribution is -2.25. The van der Waals surface area contributed by atoms with E-state index in [0.29, 0.717) is 24.4 Å². The molecule has 2 rings (SSSR count). The topological polar surface area (TPSA) is 127 Å². The SMILES string of the molecule is COCCCS(=O)(=O)c1ccc(C(=NO[C@H](C)CO)C(=O)Nc2ncc(F)s2)cc1. The number of thiazole rings is 1. The maximum absolute atomic E-state index is 13.1. The molecule has 0 aliphatic heterocycles. The molecule has 0 saturated heterocycles. The minimum absolute atomic E-state index is 0.0257. The Labute approximate surface area is 177 Å².